The van der Waals surface area contributed by atoms with Crippen LogP contribution < -0.4 is 16.8 Å². The highest BCUT2D eigenvalue weighted by molar-refractivity contribution is 7.13. The van der Waals surface area contributed by atoms with E-state index in [4.69, 9.17) is 11.5 Å². The number of piperazine rings is 1. The quantitative estimate of drug-likeness (QED) is 0.156. The Balaban J connectivity index is 1.21. The average Bonchev–Trinajstić information content (AvgIpc) is 3.69. The molecule has 12 heteroatoms. The zero-order valence-corrected chi connectivity index (χ0v) is 23.9. The summed E-state index contributed by atoms with van der Waals surface area (Å²) in [6.07, 6.45) is 5.73. The van der Waals surface area contributed by atoms with Gasteiger partial charge in [0, 0.05) is 24.4 Å². The number of Topliss-reactive ketones (excluding diaryl/α,β-unsaturated/α-hetero) is 1. The molecule has 0 unspecified atom stereocenters. The van der Waals surface area contributed by atoms with Crippen LogP contribution >= 0.6 is 11.3 Å². The molecule has 5 N–H and O–H groups in total. The van der Waals surface area contributed by atoms with Crippen molar-refractivity contribution in [2.75, 3.05) is 19.6 Å². The van der Waals surface area contributed by atoms with Gasteiger partial charge in [-0.3, -0.25) is 24.2 Å². The first-order chi connectivity index (χ1) is 19.8. The Bertz CT molecular complexity index is 1300. The Morgan fingerprint density at radius 3 is 2.71 bits per heavy atom. The molecule has 1 aromatic heterocycles. The van der Waals surface area contributed by atoms with Crippen LogP contribution in [0.15, 0.2) is 35.3 Å². The maximum absolute atomic E-state index is 13.5. The smallest absolute Gasteiger partial charge is 0.243 e. The maximum Gasteiger partial charge on any atom is 0.243 e. The number of thiazole rings is 1. The van der Waals surface area contributed by atoms with Crippen molar-refractivity contribution in [1.82, 2.24) is 20.1 Å². The van der Waals surface area contributed by atoms with Crippen molar-refractivity contribution in [3.63, 3.8) is 0 Å². The summed E-state index contributed by atoms with van der Waals surface area (Å²) >= 11 is 1.40. The topological polar surface area (TPSA) is 164 Å². The summed E-state index contributed by atoms with van der Waals surface area (Å²) in [4.78, 5) is 66.0. The Labute approximate surface area is 243 Å². The van der Waals surface area contributed by atoms with E-state index in [1.165, 1.54) is 11.3 Å². The molecule has 0 spiro atoms. The highest BCUT2D eigenvalue weighted by Crippen LogP contribution is 2.30. The minimum Gasteiger partial charge on any atom is -0.370 e. The molecule has 3 amide bonds. The van der Waals surface area contributed by atoms with Crippen LogP contribution in [0.5, 0.6) is 0 Å². The van der Waals surface area contributed by atoms with E-state index >= 15 is 0 Å². The van der Waals surface area contributed by atoms with Crippen LogP contribution in [0.3, 0.4) is 0 Å². The zero-order valence-electron chi connectivity index (χ0n) is 23.1. The van der Waals surface area contributed by atoms with Crippen LogP contribution in [0, 0.1) is 0 Å². The second-order valence-corrected chi connectivity index (χ2v) is 12.0. The van der Waals surface area contributed by atoms with E-state index < -0.39 is 12.1 Å². The summed E-state index contributed by atoms with van der Waals surface area (Å²) in [7, 11) is 0. The lowest BCUT2D eigenvalue weighted by Crippen LogP contribution is -2.60. The van der Waals surface area contributed by atoms with Gasteiger partial charge < -0.3 is 26.6 Å². The first-order valence-electron chi connectivity index (χ1n) is 14.3. The Morgan fingerprint density at radius 1 is 1.15 bits per heavy atom. The summed E-state index contributed by atoms with van der Waals surface area (Å²) in [6.45, 7) is 0.703. The molecule has 2 aliphatic heterocycles. The van der Waals surface area contributed by atoms with Gasteiger partial charge >= 0.3 is 0 Å². The van der Waals surface area contributed by atoms with E-state index in [1.54, 1.807) is 9.80 Å². The minimum absolute atomic E-state index is 0.0264. The minimum atomic E-state index is -0.794. The maximum atomic E-state index is 13.5. The van der Waals surface area contributed by atoms with E-state index in [-0.39, 0.29) is 42.1 Å². The van der Waals surface area contributed by atoms with Crippen molar-refractivity contribution in [3.05, 3.63) is 51.5 Å². The number of amides is 3. The van der Waals surface area contributed by atoms with Gasteiger partial charge in [0.15, 0.2) is 11.0 Å². The van der Waals surface area contributed by atoms with Crippen molar-refractivity contribution in [2.45, 2.75) is 75.9 Å². The SMILES string of the molecule is NC(N)=NCCC[C@H](NC(=O)[C@@H]1CC[C@H]2CN(C(=O)CCc3ccccc3)CC(=O)N21)C(=O)c1nc2c(s1)CCC2. The molecule has 218 valence electrons. The van der Waals surface area contributed by atoms with Crippen molar-refractivity contribution in [1.29, 1.82) is 0 Å². The lowest BCUT2D eigenvalue weighted by Gasteiger charge is -2.39. The summed E-state index contributed by atoms with van der Waals surface area (Å²) in [6, 6.07) is 8.10. The van der Waals surface area contributed by atoms with Crippen LogP contribution in [-0.4, -0.2) is 82.0 Å². The van der Waals surface area contributed by atoms with Crippen LogP contribution in [-0.2, 0) is 33.6 Å². The van der Waals surface area contributed by atoms with Gasteiger partial charge in [-0.15, -0.1) is 11.3 Å². The number of rotatable bonds is 11. The number of hydrogen-bond acceptors (Lipinski definition) is 7. The molecule has 2 fully saturated rings. The van der Waals surface area contributed by atoms with E-state index in [9.17, 15) is 19.2 Å². The van der Waals surface area contributed by atoms with Gasteiger partial charge in [0.2, 0.25) is 23.5 Å². The third-order valence-electron chi connectivity index (χ3n) is 8.06. The molecule has 0 bridgehead atoms. The summed E-state index contributed by atoms with van der Waals surface area (Å²) in [5, 5.41) is 3.34. The predicted octanol–water partition coefficient (Wildman–Crippen LogP) is 1.19. The van der Waals surface area contributed by atoms with Crippen molar-refractivity contribution >= 4 is 40.8 Å². The third kappa shape index (κ3) is 6.75. The van der Waals surface area contributed by atoms with Gasteiger partial charge in [0.1, 0.15) is 6.04 Å². The number of aromatic nitrogens is 1. The number of hydrogen-bond donors (Lipinski definition) is 3. The number of aryl methyl sites for hydroxylation is 3. The fraction of sp³-hybridized carbons (Fsp3) is 0.517. The van der Waals surface area contributed by atoms with Crippen LogP contribution in [0.4, 0.5) is 0 Å². The Kier molecular flexibility index (Phi) is 8.96. The second-order valence-electron chi connectivity index (χ2n) is 10.9. The number of fused-ring (bicyclic) bond motifs is 2. The van der Waals surface area contributed by atoms with Crippen molar-refractivity contribution in [2.24, 2.45) is 16.5 Å². The molecular formula is C29H37N7O4S. The molecule has 0 radical (unpaired) electrons. The summed E-state index contributed by atoms with van der Waals surface area (Å²) in [5.41, 5.74) is 12.9. The molecule has 2 aromatic rings. The Morgan fingerprint density at radius 2 is 1.95 bits per heavy atom. The number of ketones is 1. The summed E-state index contributed by atoms with van der Waals surface area (Å²) in [5.74, 6) is -0.900. The number of carbonyl (C=O) groups excluding carboxylic acids is 4. The molecular weight excluding hydrogens is 542 g/mol. The molecule has 41 heavy (non-hydrogen) atoms. The van der Waals surface area contributed by atoms with Gasteiger partial charge in [0.05, 0.1) is 24.3 Å². The molecule has 0 saturated carbocycles. The highest BCUT2D eigenvalue weighted by atomic mass is 32.1. The monoisotopic (exact) mass is 579 g/mol. The molecule has 3 atom stereocenters. The highest BCUT2D eigenvalue weighted by Gasteiger charge is 2.46. The van der Waals surface area contributed by atoms with E-state index in [0.717, 1.165) is 35.4 Å². The van der Waals surface area contributed by atoms with E-state index in [1.807, 2.05) is 30.3 Å². The second kappa shape index (κ2) is 12.8. The normalized spacial score (nSPS) is 20.3. The fourth-order valence-electron chi connectivity index (χ4n) is 5.99. The number of nitrogens with zero attached hydrogens (tertiary/aromatic N) is 4. The lowest BCUT2D eigenvalue weighted by molar-refractivity contribution is -0.151. The van der Waals surface area contributed by atoms with Gasteiger partial charge in [-0.2, -0.15) is 0 Å². The number of guanidine groups is 1. The van der Waals surface area contributed by atoms with Gasteiger partial charge in [-0.1, -0.05) is 30.3 Å². The molecule has 3 aliphatic rings. The summed E-state index contributed by atoms with van der Waals surface area (Å²) < 4.78 is 0. The molecule has 1 aromatic carbocycles. The van der Waals surface area contributed by atoms with E-state index in [0.29, 0.717) is 56.6 Å². The van der Waals surface area contributed by atoms with Gasteiger partial charge in [0.25, 0.3) is 0 Å². The Hall–Kier alpha value is -3.80. The van der Waals surface area contributed by atoms with Crippen LogP contribution in [0.2, 0.25) is 0 Å². The first kappa shape index (κ1) is 28.7. The molecule has 3 heterocycles. The van der Waals surface area contributed by atoms with Crippen molar-refractivity contribution in [3.8, 4) is 0 Å². The third-order valence-corrected chi connectivity index (χ3v) is 9.23. The largest absolute Gasteiger partial charge is 0.370 e. The molecule has 2 saturated heterocycles. The fourth-order valence-corrected chi connectivity index (χ4v) is 7.13. The van der Waals surface area contributed by atoms with Crippen LogP contribution in [0.1, 0.15) is 64.5 Å². The number of benzene rings is 1. The zero-order chi connectivity index (χ0) is 28.9. The molecule has 11 nitrogen and oxygen atoms in total. The molecule has 1 aliphatic carbocycles. The average molecular weight is 580 g/mol. The first-order valence-corrected chi connectivity index (χ1v) is 15.1. The van der Waals surface area contributed by atoms with Gasteiger partial charge in [-0.05, 0) is 56.9 Å². The van der Waals surface area contributed by atoms with Gasteiger partial charge in [-0.25, -0.2) is 4.98 Å². The number of carbonyl (C=O) groups is 4. The predicted molar refractivity (Wildman–Crippen MR) is 155 cm³/mol. The number of nitrogens with two attached hydrogens (primary N) is 2. The van der Waals surface area contributed by atoms with Crippen LogP contribution in [0.25, 0.3) is 0 Å². The van der Waals surface area contributed by atoms with Crippen molar-refractivity contribution < 1.29 is 19.2 Å². The lowest BCUT2D eigenvalue weighted by atomic mass is 10.1. The number of nitrogens with one attached hydrogen (secondary N) is 1. The van der Waals surface area contributed by atoms with E-state index in [2.05, 4.69) is 15.3 Å². The standard InChI is InChI=1S/C29H37N7O4S/c30-29(31)32-15-5-9-21(26(39)28-34-20-8-4-10-23(20)41-28)33-27(40)22-13-12-19-16-35(17-25(38)36(19)22)24(37)14-11-18-6-2-1-3-7-18/h1-3,6-7,19,21-22H,4-5,8-17H2,(H,33,40)(H4,30,31,32)/t19-,21-,22-/m0/s1. The molecule has 5 rings (SSSR count). The number of aliphatic imine (C=N–C) groups is 1.